The zero-order valence-electron chi connectivity index (χ0n) is 7.06. The number of hydrogen-bond acceptors (Lipinski definition) is 5. The van der Waals surface area contributed by atoms with Crippen molar-refractivity contribution in [2.75, 3.05) is 7.11 Å². The molecule has 0 saturated carbocycles. The van der Waals surface area contributed by atoms with Gasteiger partial charge in [-0.3, -0.25) is 0 Å². The molecule has 5 heteroatoms. The molecule has 0 atom stereocenters. The maximum atomic E-state index is 5.18. The van der Waals surface area contributed by atoms with Gasteiger partial charge >= 0.3 is 0 Å². The van der Waals surface area contributed by atoms with E-state index in [0.29, 0.717) is 6.61 Å². The van der Waals surface area contributed by atoms with Gasteiger partial charge in [0.2, 0.25) is 0 Å². The summed E-state index contributed by atoms with van der Waals surface area (Å²) >= 11 is 1.47. The van der Waals surface area contributed by atoms with Gasteiger partial charge in [-0.05, 0) is 12.1 Å². The van der Waals surface area contributed by atoms with Crippen LogP contribution in [0.2, 0.25) is 0 Å². The summed E-state index contributed by atoms with van der Waals surface area (Å²) in [4.78, 5) is 0. The van der Waals surface area contributed by atoms with Gasteiger partial charge in [0.05, 0.1) is 12.9 Å². The van der Waals surface area contributed by atoms with E-state index in [9.17, 15) is 0 Å². The third-order valence-corrected chi connectivity index (χ3v) is 2.38. The summed E-state index contributed by atoms with van der Waals surface area (Å²) in [6, 6.07) is 3.68. The van der Waals surface area contributed by atoms with Gasteiger partial charge in [0.1, 0.15) is 5.01 Å². The van der Waals surface area contributed by atoms with Gasteiger partial charge in [-0.2, -0.15) is 0 Å². The average Bonchev–Trinajstić information content (AvgIpc) is 2.70. The molecule has 4 nitrogen and oxygen atoms in total. The van der Waals surface area contributed by atoms with E-state index in [1.165, 1.54) is 11.3 Å². The van der Waals surface area contributed by atoms with E-state index >= 15 is 0 Å². The molecule has 0 aliphatic rings. The van der Waals surface area contributed by atoms with Crippen molar-refractivity contribution in [1.82, 2.24) is 10.2 Å². The molecule has 0 saturated heterocycles. The number of rotatable bonds is 3. The Kier molecular flexibility index (Phi) is 2.37. The van der Waals surface area contributed by atoms with E-state index in [1.807, 2.05) is 12.1 Å². The molecule has 2 aromatic rings. The molecule has 2 rings (SSSR count). The first-order valence-corrected chi connectivity index (χ1v) is 4.57. The maximum Gasteiger partial charge on any atom is 0.183 e. The predicted octanol–water partition coefficient (Wildman–Crippen LogP) is 1.94. The Morgan fingerprint density at radius 2 is 2.46 bits per heavy atom. The Balaban J connectivity index is 2.23. The lowest BCUT2D eigenvalue weighted by Gasteiger charge is -1.87. The molecule has 68 valence electrons. The van der Waals surface area contributed by atoms with E-state index in [0.717, 1.165) is 15.8 Å². The lowest BCUT2D eigenvalue weighted by Crippen LogP contribution is -1.84. The topological polar surface area (TPSA) is 48.2 Å². The molecule has 0 radical (unpaired) electrons. The van der Waals surface area contributed by atoms with E-state index in [2.05, 4.69) is 10.2 Å². The lowest BCUT2D eigenvalue weighted by atomic mass is 10.5. The standard InChI is InChI=1S/C8H8N2O2S/c1-11-5-7-9-10-8(13-7)6-3-2-4-12-6/h2-4H,5H2,1H3. The van der Waals surface area contributed by atoms with Gasteiger partial charge in [0.25, 0.3) is 0 Å². The fourth-order valence-electron chi connectivity index (χ4n) is 0.935. The van der Waals surface area contributed by atoms with E-state index < -0.39 is 0 Å². The minimum absolute atomic E-state index is 0.498. The van der Waals surface area contributed by atoms with Crippen molar-refractivity contribution < 1.29 is 9.15 Å². The summed E-state index contributed by atoms with van der Waals surface area (Å²) in [5.74, 6) is 0.750. The maximum absolute atomic E-state index is 5.18. The second kappa shape index (κ2) is 3.68. The molecule has 0 spiro atoms. The van der Waals surface area contributed by atoms with Gasteiger partial charge in [-0.25, -0.2) is 0 Å². The third-order valence-electron chi connectivity index (χ3n) is 1.47. The molecule has 13 heavy (non-hydrogen) atoms. The minimum Gasteiger partial charge on any atom is -0.462 e. The number of aromatic nitrogens is 2. The Morgan fingerprint density at radius 1 is 1.54 bits per heavy atom. The molecule has 0 aromatic carbocycles. The molecular weight excluding hydrogens is 188 g/mol. The Hall–Kier alpha value is -1.20. The van der Waals surface area contributed by atoms with Crippen molar-refractivity contribution in [3.8, 4) is 10.8 Å². The molecule has 0 aliphatic carbocycles. The van der Waals surface area contributed by atoms with Gasteiger partial charge in [0, 0.05) is 7.11 Å². The average molecular weight is 196 g/mol. The molecule has 0 unspecified atom stereocenters. The van der Waals surface area contributed by atoms with Gasteiger partial charge in [0.15, 0.2) is 10.8 Å². The number of furan rings is 1. The fourth-order valence-corrected chi connectivity index (χ4v) is 1.72. The van der Waals surface area contributed by atoms with Crippen LogP contribution in [0, 0.1) is 0 Å². The zero-order chi connectivity index (χ0) is 9.10. The zero-order valence-corrected chi connectivity index (χ0v) is 7.87. The highest BCUT2D eigenvalue weighted by molar-refractivity contribution is 7.14. The van der Waals surface area contributed by atoms with Crippen LogP contribution in [0.15, 0.2) is 22.8 Å². The van der Waals surface area contributed by atoms with E-state index in [4.69, 9.17) is 9.15 Å². The van der Waals surface area contributed by atoms with Crippen LogP contribution < -0.4 is 0 Å². The summed E-state index contributed by atoms with van der Waals surface area (Å²) in [6.45, 7) is 0.498. The summed E-state index contributed by atoms with van der Waals surface area (Å²) in [6.07, 6.45) is 1.62. The summed E-state index contributed by atoms with van der Waals surface area (Å²) < 4.78 is 10.1. The molecule has 0 amide bonds. The monoisotopic (exact) mass is 196 g/mol. The van der Waals surface area contributed by atoms with Crippen molar-refractivity contribution in [3.05, 3.63) is 23.4 Å². The van der Waals surface area contributed by atoms with Crippen molar-refractivity contribution in [2.45, 2.75) is 6.61 Å². The van der Waals surface area contributed by atoms with Crippen LogP contribution in [0.1, 0.15) is 5.01 Å². The van der Waals surface area contributed by atoms with E-state index in [-0.39, 0.29) is 0 Å². The molecule has 2 aromatic heterocycles. The highest BCUT2D eigenvalue weighted by atomic mass is 32.1. The van der Waals surface area contributed by atoms with Crippen LogP contribution in [-0.2, 0) is 11.3 Å². The van der Waals surface area contributed by atoms with Crippen LogP contribution in [0.5, 0.6) is 0 Å². The van der Waals surface area contributed by atoms with Crippen molar-refractivity contribution >= 4 is 11.3 Å². The quantitative estimate of drug-likeness (QED) is 0.752. The first kappa shape index (κ1) is 8.40. The number of nitrogens with zero attached hydrogens (tertiary/aromatic N) is 2. The van der Waals surface area contributed by atoms with Crippen LogP contribution >= 0.6 is 11.3 Å². The van der Waals surface area contributed by atoms with Gasteiger partial charge in [-0.1, -0.05) is 11.3 Å². The molecule has 0 N–H and O–H groups in total. The SMILES string of the molecule is COCc1nnc(-c2ccco2)s1. The first-order chi connectivity index (χ1) is 6.40. The van der Waals surface area contributed by atoms with Crippen molar-refractivity contribution in [1.29, 1.82) is 0 Å². The highest BCUT2D eigenvalue weighted by Crippen LogP contribution is 2.23. The second-order valence-electron chi connectivity index (χ2n) is 2.41. The fraction of sp³-hybridized carbons (Fsp3) is 0.250. The summed E-state index contributed by atoms with van der Waals surface area (Å²) in [7, 11) is 1.63. The highest BCUT2D eigenvalue weighted by Gasteiger charge is 2.07. The summed E-state index contributed by atoms with van der Waals surface area (Å²) in [5, 5.41) is 9.56. The number of hydrogen-bond donors (Lipinski definition) is 0. The van der Waals surface area contributed by atoms with Crippen LogP contribution in [0.25, 0.3) is 10.8 Å². The normalized spacial score (nSPS) is 10.5. The Morgan fingerprint density at radius 3 is 3.15 bits per heavy atom. The Labute approximate surface area is 79.2 Å². The molecule has 2 heterocycles. The first-order valence-electron chi connectivity index (χ1n) is 3.75. The minimum atomic E-state index is 0.498. The smallest absolute Gasteiger partial charge is 0.183 e. The molecule has 0 fully saturated rings. The third kappa shape index (κ3) is 1.76. The van der Waals surface area contributed by atoms with Crippen LogP contribution in [0.3, 0.4) is 0 Å². The van der Waals surface area contributed by atoms with Gasteiger partial charge < -0.3 is 9.15 Å². The largest absolute Gasteiger partial charge is 0.462 e. The molecular formula is C8H8N2O2S. The second-order valence-corrected chi connectivity index (χ2v) is 3.47. The number of methoxy groups -OCH3 is 1. The Bertz CT molecular complexity index is 369. The van der Waals surface area contributed by atoms with Crippen LogP contribution in [-0.4, -0.2) is 17.3 Å². The van der Waals surface area contributed by atoms with Gasteiger partial charge in [-0.15, -0.1) is 10.2 Å². The van der Waals surface area contributed by atoms with E-state index in [1.54, 1.807) is 13.4 Å². The molecule has 0 bridgehead atoms. The van der Waals surface area contributed by atoms with Crippen molar-refractivity contribution in [3.63, 3.8) is 0 Å². The lowest BCUT2D eigenvalue weighted by molar-refractivity contribution is 0.184. The molecule has 0 aliphatic heterocycles. The summed E-state index contributed by atoms with van der Waals surface area (Å²) in [5.41, 5.74) is 0. The predicted molar refractivity (Wildman–Crippen MR) is 48.3 cm³/mol. The number of ether oxygens (including phenoxy) is 1. The van der Waals surface area contributed by atoms with Crippen molar-refractivity contribution in [2.24, 2.45) is 0 Å². The van der Waals surface area contributed by atoms with Crippen LogP contribution in [0.4, 0.5) is 0 Å².